The molecule has 5 nitrogen and oxygen atoms in total. The van der Waals surface area contributed by atoms with E-state index >= 15 is 0 Å². The number of nitrogens with one attached hydrogen (secondary N) is 2. The number of benzene rings is 1. The highest BCUT2D eigenvalue weighted by Gasteiger charge is 2.18. The standard InChI is InChI=1S/C11H11F3N2O3/c1-19-5-4-15-10(17)11(18)16-7-3-2-6(12)8(13)9(7)14/h2-3H,4-5H2,1H3,(H,15,17)(H,16,18). The van der Waals surface area contributed by atoms with Crippen molar-refractivity contribution in [2.45, 2.75) is 0 Å². The van der Waals surface area contributed by atoms with E-state index in [0.29, 0.717) is 6.07 Å². The molecule has 0 aliphatic carbocycles. The predicted molar refractivity (Wildman–Crippen MR) is 59.8 cm³/mol. The van der Waals surface area contributed by atoms with Crippen molar-refractivity contribution < 1.29 is 27.5 Å². The van der Waals surface area contributed by atoms with Crippen molar-refractivity contribution in [3.63, 3.8) is 0 Å². The van der Waals surface area contributed by atoms with E-state index in [0.717, 1.165) is 6.07 Å². The predicted octanol–water partition coefficient (Wildman–Crippen LogP) is 0.805. The molecule has 2 N–H and O–H groups in total. The molecular weight excluding hydrogens is 265 g/mol. The van der Waals surface area contributed by atoms with Crippen LogP contribution in [0.5, 0.6) is 0 Å². The van der Waals surface area contributed by atoms with E-state index in [-0.39, 0.29) is 13.2 Å². The van der Waals surface area contributed by atoms with Crippen LogP contribution >= 0.6 is 0 Å². The van der Waals surface area contributed by atoms with Gasteiger partial charge in [-0.05, 0) is 12.1 Å². The molecule has 0 aliphatic rings. The molecule has 0 saturated carbocycles. The summed E-state index contributed by atoms with van der Waals surface area (Å²) in [5.41, 5.74) is -0.620. The lowest BCUT2D eigenvalue weighted by Crippen LogP contribution is -2.37. The third kappa shape index (κ3) is 3.95. The molecule has 0 aromatic heterocycles. The lowest BCUT2D eigenvalue weighted by Gasteiger charge is -2.07. The molecule has 0 aliphatic heterocycles. The minimum Gasteiger partial charge on any atom is -0.383 e. The molecule has 0 bridgehead atoms. The number of ether oxygens (including phenoxy) is 1. The van der Waals surface area contributed by atoms with E-state index in [1.165, 1.54) is 7.11 Å². The van der Waals surface area contributed by atoms with Gasteiger partial charge in [0.05, 0.1) is 12.3 Å². The quantitative estimate of drug-likeness (QED) is 0.486. The third-order valence-electron chi connectivity index (χ3n) is 2.08. The number of methoxy groups -OCH3 is 1. The van der Waals surface area contributed by atoms with Crippen LogP contribution in [0.25, 0.3) is 0 Å². The summed E-state index contributed by atoms with van der Waals surface area (Å²) in [6.45, 7) is 0.279. The molecule has 8 heteroatoms. The Morgan fingerprint density at radius 3 is 2.47 bits per heavy atom. The van der Waals surface area contributed by atoms with Crippen LogP contribution in [0.1, 0.15) is 0 Å². The molecule has 19 heavy (non-hydrogen) atoms. The molecular formula is C11H11F3N2O3. The molecule has 104 valence electrons. The zero-order valence-corrected chi connectivity index (χ0v) is 9.93. The van der Waals surface area contributed by atoms with E-state index in [4.69, 9.17) is 0 Å². The van der Waals surface area contributed by atoms with E-state index in [2.05, 4.69) is 10.1 Å². The van der Waals surface area contributed by atoms with Gasteiger partial charge in [0, 0.05) is 13.7 Å². The SMILES string of the molecule is COCCNC(=O)C(=O)Nc1ccc(F)c(F)c1F. The first kappa shape index (κ1) is 15.0. The molecule has 1 aromatic rings. The van der Waals surface area contributed by atoms with Crippen LogP contribution in [0.15, 0.2) is 12.1 Å². The van der Waals surface area contributed by atoms with E-state index in [1.54, 1.807) is 0 Å². The monoisotopic (exact) mass is 276 g/mol. The molecule has 0 spiro atoms. The molecule has 0 unspecified atom stereocenters. The number of hydrogen-bond donors (Lipinski definition) is 2. The van der Waals surface area contributed by atoms with Gasteiger partial charge in [-0.3, -0.25) is 9.59 Å². The highest BCUT2D eigenvalue weighted by atomic mass is 19.2. The van der Waals surface area contributed by atoms with Crippen LogP contribution in [0.4, 0.5) is 18.9 Å². The van der Waals surface area contributed by atoms with E-state index in [1.807, 2.05) is 5.32 Å². The second-order valence-electron chi connectivity index (χ2n) is 3.43. The zero-order valence-electron chi connectivity index (χ0n) is 9.93. The normalized spacial score (nSPS) is 10.1. The molecule has 0 fully saturated rings. The van der Waals surface area contributed by atoms with Gasteiger partial charge in [0.15, 0.2) is 17.5 Å². The number of halogens is 3. The average molecular weight is 276 g/mol. The summed E-state index contributed by atoms with van der Waals surface area (Å²) in [5, 5.41) is 4.01. The lowest BCUT2D eigenvalue weighted by molar-refractivity contribution is -0.136. The van der Waals surface area contributed by atoms with Crippen molar-refractivity contribution in [1.29, 1.82) is 0 Å². The maximum absolute atomic E-state index is 13.2. The minimum absolute atomic E-state index is 0.0863. The summed E-state index contributed by atoms with van der Waals surface area (Å²) >= 11 is 0. The number of anilines is 1. The smallest absolute Gasteiger partial charge is 0.313 e. The van der Waals surface area contributed by atoms with Gasteiger partial charge < -0.3 is 15.4 Å². The molecule has 1 rings (SSSR count). The summed E-state index contributed by atoms with van der Waals surface area (Å²) < 4.78 is 43.4. The summed E-state index contributed by atoms with van der Waals surface area (Å²) in [6.07, 6.45) is 0. The van der Waals surface area contributed by atoms with Crippen molar-refractivity contribution in [3.8, 4) is 0 Å². The molecule has 0 atom stereocenters. The van der Waals surface area contributed by atoms with Crippen LogP contribution < -0.4 is 10.6 Å². The Hall–Kier alpha value is -2.09. The first-order chi connectivity index (χ1) is 8.97. The van der Waals surface area contributed by atoms with Gasteiger partial charge in [-0.25, -0.2) is 13.2 Å². The Balaban J connectivity index is 2.67. The maximum Gasteiger partial charge on any atom is 0.313 e. The first-order valence-corrected chi connectivity index (χ1v) is 5.19. The molecule has 2 amide bonds. The Labute approximate surface area is 106 Å². The highest BCUT2D eigenvalue weighted by Crippen LogP contribution is 2.19. The van der Waals surface area contributed by atoms with Gasteiger partial charge in [0.25, 0.3) is 0 Å². The number of hydrogen-bond acceptors (Lipinski definition) is 3. The van der Waals surface area contributed by atoms with Gasteiger partial charge in [0.1, 0.15) is 0 Å². The second kappa shape index (κ2) is 6.74. The van der Waals surface area contributed by atoms with Gasteiger partial charge >= 0.3 is 11.8 Å². The van der Waals surface area contributed by atoms with Crippen LogP contribution in [0.3, 0.4) is 0 Å². The van der Waals surface area contributed by atoms with Gasteiger partial charge in [-0.2, -0.15) is 0 Å². The van der Waals surface area contributed by atoms with Crippen molar-refractivity contribution in [2.24, 2.45) is 0 Å². The lowest BCUT2D eigenvalue weighted by atomic mass is 10.2. The van der Waals surface area contributed by atoms with E-state index < -0.39 is 35.0 Å². The fraction of sp³-hybridized carbons (Fsp3) is 0.273. The first-order valence-electron chi connectivity index (χ1n) is 5.19. The largest absolute Gasteiger partial charge is 0.383 e. The van der Waals surface area contributed by atoms with Crippen molar-refractivity contribution in [2.75, 3.05) is 25.6 Å². The van der Waals surface area contributed by atoms with Crippen molar-refractivity contribution in [1.82, 2.24) is 5.32 Å². The summed E-state index contributed by atoms with van der Waals surface area (Å²) in [4.78, 5) is 22.5. The van der Waals surface area contributed by atoms with Crippen LogP contribution in [0.2, 0.25) is 0 Å². The number of amides is 2. The molecule has 1 aromatic carbocycles. The number of rotatable bonds is 4. The maximum atomic E-state index is 13.2. The Bertz CT molecular complexity index is 494. The zero-order chi connectivity index (χ0) is 14.4. The minimum atomic E-state index is -1.72. The Morgan fingerprint density at radius 1 is 1.16 bits per heavy atom. The van der Waals surface area contributed by atoms with E-state index in [9.17, 15) is 22.8 Å². The van der Waals surface area contributed by atoms with Crippen LogP contribution in [-0.4, -0.2) is 32.1 Å². The van der Waals surface area contributed by atoms with Gasteiger partial charge in [-0.15, -0.1) is 0 Å². The average Bonchev–Trinajstić information content (AvgIpc) is 2.39. The second-order valence-corrected chi connectivity index (χ2v) is 3.43. The fourth-order valence-corrected chi connectivity index (χ4v) is 1.15. The molecule has 0 heterocycles. The van der Waals surface area contributed by atoms with Gasteiger partial charge in [0.2, 0.25) is 0 Å². The summed E-state index contributed by atoms with van der Waals surface area (Å²) in [7, 11) is 1.41. The van der Waals surface area contributed by atoms with Crippen LogP contribution in [-0.2, 0) is 14.3 Å². The Morgan fingerprint density at radius 2 is 1.84 bits per heavy atom. The third-order valence-corrected chi connectivity index (χ3v) is 2.08. The molecule has 0 saturated heterocycles. The Kier molecular flexibility index (Phi) is 5.31. The van der Waals surface area contributed by atoms with Crippen molar-refractivity contribution >= 4 is 17.5 Å². The molecule has 0 radical (unpaired) electrons. The van der Waals surface area contributed by atoms with Gasteiger partial charge in [-0.1, -0.05) is 0 Å². The number of carbonyl (C=O) groups is 2. The van der Waals surface area contributed by atoms with Crippen LogP contribution in [0, 0.1) is 17.5 Å². The fourth-order valence-electron chi connectivity index (χ4n) is 1.15. The van der Waals surface area contributed by atoms with Crippen molar-refractivity contribution in [3.05, 3.63) is 29.6 Å². The number of carbonyl (C=O) groups excluding carboxylic acids is 2. The summed E-state index contributed by atoms with van der Waals surface area (Å²) in [5.74, 6) is -6.92. The highest BCUT2D eigenvalue weighted by molar-refractivity contribution is 6.39. The topological polar surface area (TPSA) is 67.4 Å². The summed E-state index contributed by atoms with van der Waals surface area (Å²) in [6, 6.07) is 1.45.